The van der Waals surface area contributed by atoms with Crippen molar-refractivity contribution >= 4 is 5.97 Å². The van der Waals surface area contributed by atoms with Gasteiger partial charge >= 0.3 is 5.97 Å². The number of carbonyl (C=O) groups excluding carboxylic acids is 1. The van der Waals surface area contributed by atoms with Crippen molar-refractivity contribution in [3.8, 4) is 0 Å². The third kappa shape index (κ3) is 1.81. The number of hydrogen-bond acceptors (Lipinski definition) is 3. The highest BCUT2D eigenvalue weighted by Crippen LogP contribution is 2.45. The molecule has 0 aliphatic heterocycles. The zero-order chi connectivity index (χ0) is 10.8. The monoisotopic (exact) mass is 210 g/mol. The number of fused-ring (bicyclic) bond motifs is 1. The van der Waals surface area contributed by atoms with Crippen LogP contribution in [0.1, 0.15) is 19.8 Å². The number of hydrogen-bond donors (Lipinski definition) is 0. The van der Waals surface area contributed by atoms with Crippen molar-refractivity contribution < 1.29 is 14.3 Å². The van der Waals surface area contributed by atoms with Gasteiger partial charge in [-0.05, 0) is 25.7 Å². The number of ether oxygens (including phenoxy) is 2. The molecule has 2 aliphatic rings. The van der Waals surface area contributed by atoms with Gasteiger partial charge in [-0.3, -0.25) is 4.79 Å². The molecule has 84 valence electrons. The molecule has 2 rings (SSSR count). The maximum Gasteiger partial charge on any atom is 0.309 e. The summed E-state index contributed by atoms with van der Waals surface area (Å²) in [6.45, 7) is 2.72. The van der Waals surface area contributed by atoms with Crippen LogP contribution in [0.4, 0.5) is 0 Å². The van der Waals surface area contributed by atoms with E-state index < -0.39 is 0 Å². The summed E-state index contributed by atoms with van der Waals surface area (Å²) in [6.07, 6.45) is 6.39. The van der Waals surface area contributed by atoms with Crippen molar-refractivity contribution in [2.75, 3.05) is 13.7 Å². The standard InChI is InChI=1S/C12H18O3/c1-3-15-11-7-10(12(13)14-2)8-5-4-6-9(8)11/h4,6,8-11H,3,5,7H2,1-2H3/t8-,9+,10?,11?/m1/s1. The van der Waals surface area contributed by atoms with Gasteiger partial charge < -0.3 is 9.47 Å². The Kier molecular flexibility index (Phi) is 3.10. The lowest BCUT2D eigenvalue weighted by atomic mass is 9.91. The second-order valence-electron chi connectivity index (χ2n) is 4.26. The number of esters is 1. The molecule has 0 saturated heterocycles. The normalized spacial score (nSPS) is 38.0. The highest BCUT2D eigenvalue weighted by molar-refractivity contribution is 5.73. The van der Waals surface area contributed by atoms with Crippen molar-refractivity contribution in [2.45, 2.75) is 25.9 Å². The fourth-order valence-electron chi connectivity index (χ4n) is 2.92. The molecule has 2 unspecified atom stereocenters. The van der Waals surface area contributed by atoms with Crippen LogP contribution in [0.2, 0.25) is 0 Å². The lowest BCUT2D eigenvalue weighted by Gasteiger charge is -2.17. The molecule has 15 heavy (non-hydrogen) atoms. The molecule has 0 radical (unpaired) electrons. The Morgan fingerprint density at radius 3 is 3.00 bits per heavy atom. The Hall–Kier alpha value is -0.830. The molecule has 4 atom stereocenters. The highest BCUT2D eigenvalue weighted by Gasteiger charge is 2.47. The van der Waals surface area contributed by atoms with Crippen molar-refractivity contribution in [2.24, 2.45) is 17.8 Å². The van der Waals surface area contributed by atoms with Gasteiger partial charge in [0.15, 0.2) is 0 Å². The topological polar surface area (TPSA) is 35.5 Å². The quantitative estimate of drug-likeness (QED) is 0.526. The van der Waals surface area contributed by atoms with Gasteiger partial charge in [0.25, 0.3) is 0 Å². The Labute approximate surface area is 90.4 Å². The third-order valence-electron chi connectivity index (χ3n) is 3.58. The Morgan fingerprint density at radius 2 is 2.33 bits per heavy atom. The predicted octanol–water partition coefficient (Wildman–Crippen LogP) is 1.78. The van der Waals surface area contributed by atoms with E-state index in [2.05, 4.69) is 12.2 Å². The fraction of sp³-hybridized carbons (Fsp3) is 0.750. The maximum absolute atomic E-state index is 11.6. The van der Waals surface area contributed by atoms with E-state index in [4.69, 9.17) is 9.47 Å². The molecule has 0 heterocycles. The van der Waals surface area contributed by atoms with E-state index in [9.17, 15) is 4.79 Å². The van der Waals surface area contributed by atoms with Crippen LogP contribution in [-0.2, 0) is 14.3 Å². The first kappa shape index (κ1) is 10.7. The Balaban J connectivity index is 2.08. The van der Waals surface area contributed by atoms with Gasteiger partial charge in [-0.1, -0.05) is 12.2 Å². The summed E-state index contributed by atoms with van der Waals surface area (Å²) in [4.78, 5) is 11.6. The molecule has 2 aliphatic carbocycles. The maximum atomic E-state index is 11.6. The van der Waals surface area contributed by atoms with Crippen LogP contribution < -0.4 is 0 Å². The molecule has 0 amide bonds. The van der Waals surface area contributed by atoms with Gasteiger partial charge in [-0.25, -0.2) is 0 Å². The lowest BCUT2D eigenvalue weighted by molar-refractivity contribution is -0.146. The predicted molar refractivity (Wildman–Crippen MR) is 56.3 cm³/mol. The molecule has 0 aromatic rings. The Morgan fingerprint density at radius 1 is 1.53 bits per heavy atom. The third-order valence-corrected chi connectivity index (χ3v) is 3.58. The van der Waals surface area contributed by atoms with Crippen molar-refractivity contribution in [3.63, 3.8) is 0 Å². The SMILES string of the molecule is CCOC1CC(C(=O)OC)[C@@H]2CC=C[C@H]12. The Bertz CT molecular complexity index is 272. The molecule has 3 nitrogen and oxygen atoms in total. The van der Waals surface area contributed by atoms with E-state index in [0.717, 1.165) is 19.4 Å². The molecule has 0 aromatic carbocycles. The molecule has 0 aromatic heterocycles. The van der Waals surface area contributed by atoms with E-state index >= 15 is 0 Å². The average Bonchev–Trinajstić information content (AvgIpc) is 2.81. The van der Waals surface area contributed by atoms with Gasteiger partial charge in [0.05, 0.1) is 19.1 Å². The molecular formula is C12H18O3. The summed E-state index contributed by atoms with van der Waals surface area (Å²) >= 11 is 0. The molecule has 1 saturated carbocycles. The highest BCUT2D eigenvalue weighted by atomic mass is 16.5. The van der Waals surface area contributed by atoms with E-state index in [-0.39, 0.29) is 18.0 Å². The molecular weight excluding hydrogens is 192 g/mol. The van der Waals surface area contributed by atoms with Crippen molar-refractivity contribution in [3.05, 3.63) is 12.2 Å². The summed E-state index contributed by atoms with van der Waals surface area (Å²) in [5.41, 5.74) is 0. The molecule has 0 bridgehead atoms. The molecule has 0 spiro atoms. The first-order valence-corrected chi connectivity index (χ1v) is 5.64. The smallest absolute Gasteiger partial charge is 0.309 e. The summed E-state index contributed by atoms with van der Waals surface area (Å²) in [6, 6.07) is 0. The van der Waals surface area contributed by atoms with Crippen molar-refractivity contribution in [1.82, 2.24) is 0 Å². The second-order valence-corrected chi connectivity index (χ2v) is 4.26. The van der Waals surface area contributed by atoms with Gasteiger partial charge in [-0.2, -0.15) is 0 Å². The summed E-state index contributed by atoms with van der Waals surface area (Å²) < 4.78 is 10.5. The van der Waals surface area contributed by atoms with E-state index in [1.807, 2.05) is 6.92 Å². The van der Waals surface area contributed by atoms with Crippen molar-refractivity contribution in [1.29, 1.82) is 0 Å². The van der Waals surface area contributed by atoms with Gasteiger partial charge in [0.1, 0.15) is 0 Å². The molecule has 1 fully saturated rings. The van der Waals surface area contributed by atoms with Crippen LogP contribution in [0.15, 0.2) is 12.2 Å². The molecule has 3 heteroatoms. The van der Waals surface area contributed by atoms with Gasteiger partial charge in [0, 0.05) is 12.5 Å². The summed E-state index contributed by atoms with van der Waals surface area (Å²) in [5.74, 6) is 0.797. The van der Waals surface area contributed by atoms with Crippen LogP contribution in [0.3, 0.4) is 0 Å². The minimum atomic E-state index is -0.0732. The fourth-order valence-corrected chi connectivity index (χ4v) is 2.92. The largest absolute Gasteiger partial charge is 0.469 e. The number of carbonyl (C=O) groups is 1. The number of methoxy groups -OCH3 is 1. The number of allylic oxidation sites excluding steroid dienone is 1. The lowest BCUT2D eigenvalue weighted by Crippen LogP contribution is -2.21. The van der Waals surface area contributed by atoms with Crippen LogP contribution in [-0.4, -0.2) is 25.8 Å². The van der Waals surface area contributed by atoms with Gasteiger partial charge in [0.2, 0.25) is 0 Å². The van der Waals surface area contributed by atoms with Gasteiger partial charge in [-0.15, -0.1) is 0 Å². The summed E-state index contributed by atoms with van der Waals surface area (Å²) in [7, 11) is 1.47. The zero-order valence-corrected chi connectivity index (χ0v) is 9.31. The van der Waals surface area contributed by atoms with Crippen LogP contribution in [0.25, 0.3) is 0 Å². The average molecular weight is 210 g/mol. The first-order chi connectivity index (χ1) is 7.27. The van der Waals surface area contributed by atoms with Crippen LogP contribution in [0, 0.1) is 17.8 Å². The minimum absolute atomic E-state index is 0.0338. The number of rotatable bonds is 3. The minimum Gasteiger partial charge on any atom is -0.469 e. The second kappa shape index (κ2) is 4.35. The van der Waals surface area contributed by atoms with Crippen LogP contribution in [0.5, 0.6) is 0 Å². The van der Waals surface area contributed by atoms with E-state index in [1.54, 1.807) is 0 Å². The first-order valence-electron chi connectivity index (χ1n) is 5.64. The van der Waals surface area contributed by atoms with E-state index in [1.165, 1.54) is 7.11 Å². The molecule has 0 N–H and O–H groups in total. The van der Waals surface area contributed by atoms with E-state index in [0.29, 0.717) is 11.8 Å². The van der Waals surface area contributed by atoms with Crippen LogP contribution >= 0.6 is 0 Å². The summed E-state index contributed by atoms with van der Waals surface area (Å²) in [5, 5.41) is 0. The zero-order valence-electron chi connectivity index (χ0n) is 9.31.